The molecule has 1 aliphatic carbocycles. The number of fused-ring (bicyclic) bond motifs is 1. The van der Waals surface area contributed by atoms with Gasteiger partial charge in [-0.05, 0) is 19.3 Å². The van der Waals surface area contributed by atoms with Crippen molar-refractivity contribution in [1.82, 2.24) is 5.06 Å². The second-order valence-corrected chi connectivity index (χ2v) is 7.11. The molecule has 1 aromatic carbocycles. The zero-order valence-electron chi connectivity index (χ0n) is 14.2. The lowest BCUT2D eigenvalue weighted by Crippen LogP contribution is -2.47. The molecule has 1 aromatic rings. The highest BCUT2D eigenvalue weighted by Crippen LogP contribution is 2.67. The van der Waals surface area contributed by atoms with Crippen LogP contribution < -0.4 is 0 Å². The number of carbonyl (C=O) groups excluding carboxylic acids is 2. The number of Topliss-reactive ketones (excluding diaryl/α,β-unsaturated/α-hetero) is 1. The van der Waals surface area contributed by atoms with Gasteiger partial charge in [-0.25, -0.2) is 0 Å². The minimum atomic E-state index is -0.662. The molecule has 0 N–H and O–H groups in total. The summed E-state index contributed by atoms with van der Waals surface area (Å²) in [5.74, 6) is -0.164. The smallest absolute Gasteiger partial charge is 0.309 e. The van der Waals surface area contributed by atoms with Gasteiger partial charge in [-0.1, -0.05) is 37.3 Å². The Labute approximate surface area is 141 Å². The van der Waals surface area contributed by atoms with Crippen LogP contribution in [0.3, 0.4) is 0 Å². The van der Waals surface area contributed by atoms with Gasteiger partial charge in [0.15, 0.2) is 11.5 Å². The number of carbonyl (C=O) groups is 2. The molecule has 0 aromatic heterocycles. The maximum atomic E-state index is 13.0. The molecule has 0 spiro atoms. The Morgan fingerprint density at radius 3 is 2.67 bits per heavy atom. The molecule has 5 atom stereocenters. The number of ether oxygens (including phenoxy) is 1. The highest BCUT2D eigenvalue weighted by atomic mass is 16.9. The molecule has 24 heavy (non-hydrogen) atoms. The average molecular weight is 329 g/mol. The van der Waals surface area contributed by atoms with Crippen molar-refractivity contribution in [3.05, 3.63) is 35.9 Å². The third kappa shape index (κ3) is 2.01. The molecule has 2 heterocycles. The zero-order chi connectivity index (χ0) is 16.9. The van der Waals surface area contributed by atoms with Crippen molar-refractivity contribution in [3.63, 3.8) is 0 Å². The number of esters is 1. The van der Waals surface area contributed by atoms with Gasteiger partial charge in [-0.2, -0.15) is 0 Å². The van der Waals surface area contributed by atoms with Crippen molar-refractivity contribution in [1.29, 1.82) is 0 Å². The quantitative estimate of drug-likeness (QED) is 0.593. The first kappa shape index (κ1) is 15.8. The van der Waals surface area contributed by atoms with Crippen molar-refractivity contribution < 1.29 is 19.2 Å². The minimum Gasteiger partial charge on any atom is -0.469 e. The van der Waals surface area contributed by atoms with E-state index in [1.165, 1.54) is 7.11 Å². The highest BCUT2D eigenvalue weighted by Gasteiger charge is 2.77. The van der Waals surface area contributed by atoms with Crippen molar-refractivity contribution in [2.45, 2.75) is 50.3 Å². The van der Waals surface area contributed by atoms with Gasteiger partial charge in [0.05, 0.1) is 13.0 Å². The lowest BCUT2D eigenvalue weighted by atomic mass is 9.83. The molecule has 128 valence electrons. The summed E-state index contributed by atoms with van der Waals surface area (Å²) in [7, 11) is 1.41. The maximum Gasteiger partial charge on any atom is 0.309 e. The summed E-state index contributed by atoms with van der Waals surface area (Å²) >= 11 is 0. The van der Waals surface area contributed by atoms with Crippen LogP contribution in [0.1, 0.15) is 44.6 Å². The van der Waals surface area contributed by atoms with Crippen LogP contribution in [0.2, 0.25) is 0 Å². The van der Waals surface area contributed by atoms with Gasteiger partial charge >= 0.3 is 5.97 Å². The van der Waals surface area contributed by atoms with Gasteiger partial charge in [-0.3, -0.25) is 14.4 Å². The van der Waals surface area contributed by atoms with Crippen LogP contribution in [-0.2, 0) is 24.9 Å². The lowest BCUT2D eigenvalue weighted by Gasteiger charge is -2.29. The Morgan fingerprint density at radius 2 is 2.04 bits per heavy atom. The molecule has 0 radical (unpaired) electrons. The van der Waals surface area contributed by atoms with Gasteiger partial charge in [0.2, 0.25) is 0 Å². The molecule has 1 saturated carbocycles. The van der Waals surface area contributed by atoms with E-state index >= 15 is 0 Å². The number of ketones is 1. The largest absolute Gasteiger partial charge is 0.469 e. The van der Waals surface area contributed by atoms with E-state index in [0.717, 1.165) is 24.8 Å². The summed E-state index contributed by atoms with van der Waals surface area (Å²) in [5, 5.41) is 1.90. The number of rotatable bonds is 6. The molecule has 5 nitrogen and oxygen atoms in total. The van der Waals surface area contributed by atoms with Gasteiger partial charge in [0, 0.05) is 24.3 Å². The summed E-state index contributed by atoms with van der Waals surface area (Å²) in [6, 6.07) is 10.1. The van der Waals surface area contributed by atoms with E-state index in [2.05, 4.69) is 0 Å². The molecule has 2 saturated heterocycles. The normalized spacial score (nSPS) is 39.2. The Kier molecular flexibility index (Phi) is 3.55. The summed E-state index contributed by atoms with van der Waals surface area (Å²) in [5.41, 5.74) is -0.0510. The van der Waals surface area contributed by atoms with Crippen molar-refractivity contribution in [2.75, 3.05) is 7.11 Å². The summed E-state index contributed by atoms with van der Waals surface area (Å²) < 4.78 is 4.90. The first-order valence-electron chi connectivity index (χ1n) is 8.76. The number of benzene rings is 1. The highest BCUT2D eigenvalue weighted by molar-refractivity contribution is 5.92. The Balaban J connectivity index is 1.65. The van der Waals surface area contributed by atoms with E-state index in [9.17, 15) is 9.59 Å². The first-order chi connectivity index (χ1) is 11.6. The van der Waals surface area contributed by atoms with Gasteiger partial charge < -0.3 is 4.74 Å². The van der Waals surface area contributed by atoms with Crippen LogP contribution >= 0.6 is 0 Å². The second kappa shape index (κ2) is 5.39. The molecule has 0 bridgehead atoms. The molecule has 3 aliphatic rings. The van der Waals surface area contributed by atoms with Crippen LogP contribution in [0.15, 0.2) is 30.3 Å². The van der Waals surface area contributed by atoms with Crippen LogP contribution in [0.4, 0.5) is 0 Å². The summed E-state index contributed by atoms with van der Waals surface area (Å²) in [4.78, 5) is 31.0. The maximum absolute atomic E-state index is 13.0. The summed E-state index contributed by atoms with van der Waals surface area (Å²) in [6.45, 7) is 2.01. The molecular formula is C19H23NO4. The first-order valence-corrected chi connectivity index (χ1v) is 8.76. The Hall–Kier alpha value is -1.72. The average Bonchev–Trinajstić information content (AvgIpc) is 3.53. The monoisotopic (exact) mass is 329 g/mol. The van der Waals surface area contributed by atoms with E-state index in [0.29, 0.717) is 12.8 Å². The summed E-state index contributed by atoms with van der Waals surface area (Å²) in [6.07, 6.45) is 3.58. The Morgan fingerprint density at radius 1 is 1.29 bits per heavy atom. The molecule has 5 heteroatoms. The number of hydroxylamine groups is 2. The molecule has 3 fully saturated rings. The molecule has 0 amide bonds. The number of hydrogen-bond acceptors (Lipinski definition) is 5. The van der Waals surface area contributed by atoms with E-state index in [1.807, 2.05) is 42.3 Å². The van der Waals surface area contributed by atoms with Crippen molar-refractivity contribution in [2.24, 2.45) is 11.8 Å². The number of nitrogens with zero attached hydrogens (tertiary/aromatic N) is 1. The van der Waals surface area contributed by atoms with E-state index in [-0.39, 0.29) is 23.6 Å². The zero-order valence-corrected chi connectivity index (χ0v) is 14.2. The van der Waals surface area contributed by atoms with Crippen LogP contribution in [0.5, 0.6) is 0 Å². The van der Waals surface area contributed by atoms with E-state index < -0.39 is 11.3 Å². The van der Waals surface area contributed by atoms with Gasteiger partial charge in [-0.15, -0.1) is 5.06 Å². The predicted molar refractivity (Wildman–Crippen MR) is 86.5 cm³/mol. The fourth-order valence-electron chi connectivity index (χ4n) is 4.53. The lowest BCUT2D eigenvalue weighted by molar-refractivity contribution is -0.144. The predicted octanol–water partition coefficient (Wildman–Crippen LogP) is 2.80. The third-order valence-electron chi connectivity index (χ3n) is 5.84. The second-order valence-electron chi connectivity index (χ2n) is 7.11. The van der Waals surface area contributed by atoms with Crippen LogP contribution in [-0.4, -0.2) is 29.5 Å². The van der Waals surface area contributed by atoms with Crippen molar-refractivity contribution >= 4 is 11.8 Å². The van der Waals surface area contributed by atoms with E-state index in [1.54, 1.807) is 0 Å². The minimum absolute atomic E-state index is 0.0112. The molecule has 2 unspecified atom stereocenters. The molecule has 4 rings (SSSR count). The molecule has 2 aliphatic heterocycles. The fraction of sp³-hybridized carbons (Fsp3) is 0.579. The Bertz CT molecular complexity index is 675. The van der Waals surface area contributed by atoms with Crippen molar-refractivity contribution in [3.8, 4) is 0 Å². The fourth-order valence-corrected chi connectivity index (χ4v) is 4.53. The SMILES string of the molecule is CCCC(=O)[C@]1(C2C[C@@H]2C(=O)OC)CC[C@@]2(c3ccccc3)ON21. The van der Waals surface area contributed by atoms with Crippen LogP contribution in [0.25, 0.3) is 0 Å². The topological polar surface area (TPSA) is 58.9 Å². The number of methoxy groups -OCH3 is 1. The standard InChI is InChI=1S/C19H23NO4/c1-3-7-16(21)18(15-12-14(15)17(22)23-2)10-11-19(20(18)24-19)13-8-5-4-6-9-13/h4-6,8-9,14-15H,3,7,10-12H2,1-2H3/t14-,15?,18+,19-,20?/m0/s1. The van der Waals surface area contributed by atoms with Gasteiger partial charge in [0.1, 0.15) is 5.54 Å². The molecular weight excluding hydrogens is 306 g/mol. The third-order valence-corrected chi connectivity index (χ3v) is 5.84. The van der Waals surface area contributed by atoms with Gasteiger partial charge in [0.25, 0.3) is 0 Å². The van der Waals surface area contributed by atoms with E-state index in [4.69, 9.17) is 9.57 Å². The number of hydrogen-bond donors (Lipinski definition) is 0. The van der Waals surface area contributed by atoms with Crippen LogP contribution in [0, 0.1) is 11.8 Å².